The second-order valence-corrected chi connectivity index (χ2v) is 0.758. The Labute approximate surface area is 38.9 Å². The van der Waals surface area contributed by atoms with Gasteiger partial charge in [0.15, 0.2) is 0 Å². The molecule has 0 spiro atoms. The van der Waals surface area contributed by atoms with Crippen LogP contribution in [0.3, 0.4) is 0 Å². The van der Waals surface area contributed by atoms with Crippen molar-refractivity contribution in [3.8, 4) is 0 Å². The second kappa shape index (κ2) is 8.96. The zero-order valence-electron chi connectivity index (χ0n) is 3.20. The minimum atomic E-state index is -2.87. The van der Waals surface area contributed by atoms with Crippen LogP contribution in [-0.2, 0) is 4.57 Å². The summed E-state index contributed by atoms with van der Waals surface area (Å²) < 4.78 is 8.70. The third kappa shape index (κ3) is 1110. The van der Waals surface area contributed by atoms with Crippen molar-refractivity contribution in [1.29, 1.82) is 0 Å². The first-order chi connectivity index (χ1) is 2.73. The summed E-state index contributed by atoms with van der Waals surface area (Å²) in [5, 5.41) is 0. The molecule has 0 rings (SSSR count). The standard InChI is InChI=1S/HO3P.H4OSi/c1-4(2)3;1-2/h(H-,1,2,3);1H,2H3/p+1. The van der Waals surface area contributed by atoms with Crippen LogP contribution in [0.4, 0.5) is 0 Å². The maximum absolute atomic E-state index is 8.70. The van der Waals surface area contributed by atoms with Crippen LogP contribution in [-0.4, -0.2) is 25.1 Å². The molecule has 0 aliphatic carbocycles. The van der Waals surface area contributed by atoms with Crippen LogP contribution in [0.15, 0.2) is 0 Å². The van der Waals surface area contributed by atoms with Crippen molar-refractivity contribution >= 4 is 18.7 Å². The fraction of sp³-hybridized carbons (Fsp3) is 0. The van der Waals surface area contributed by atoms with Gasteiger partial charge in [0, 0.05) is 4.57 Å². The van der Waals surface area contributed by atoms with E-state index in [4.69, 9.17) is 19.1 Å². The van der Waals surface area contributed by atoms with Crippen LogP contribution in [0.2, 0.25) is 0 Å². The van der Waals surface area contributed by atoms with E-state index in [2.05, 4.69) is 0 Å². The molecule has 0 amide bonds. The monoisotopic (exact) mass is 129 g/mol. The summed E-state index contributed by atoms with van der Waals surface area (Å²) in [6.07, 6.45) is 0. The Morgan fingerprint density at radius 3 is 1.33 bits per heavy atom. The lowest BCUT2D eigenvalue weighted by atomic mass is 15.8. The Morgan fingerprint density at radius 1 is 1.33 bits per heavy atom. The minimum absolute atomic E-state index is 0.306. The van der Waals surface area contributed by atoms with Crippen LogP contribution >= 0.6 is 8.25 Å². The van der Waals surface area contributed by atoms with Gasteiger partial charge in [-0.15, -0.1) is 9.79 Å². The van der Waals surface area contributed by atoms with Crippen molar-refractivity contribution in [3.63, 3.8) is 0 Å². The van der Waals surface area contributed by atoms with E-state index in [0.717, 1.165) is 0 Å². The van der Waals surface area contributed by atoms with E-state index in [9.17, 15) is 0 Å². The zero-order chi connectivity index (χ0) is 5.58. The summed E-state index contributed by atoms with van der Waals surface area (Å²) in [6.45, 7) is 0. The molecule has 0 unspecified atom stereocenters. The van der Waals surface area contributed by atoms with Crippen molar-refractivity contribution < 1.29 is 19.1 Å². The van der Waals surface area contributed by atoms with Crippen LogP contribution in [0.25, 0.3) is 0 Å². The van der Waals surface area contributed by atoms with E-state index in [1.807, 2.05) is 0 Å². The molecule has 6 heavy (non-hydrogen) atoms. The first kappa shape index (κ1) is 9.50. The predicted octanol–water partition coefficient (Wildman–Crippen LogP) is -2.11. The van der Waals surface area contributed by atoms with Gasteiger partial charge < -0.3 is 4.80 Å². The van der Waals surface area contributed by atoms with E-state index < -0.39 is 8.25 Å². The molecule has 0 saturated carbocycles. The van der Waals surface area contributed by atoms with Crippen molar-refractivity contribution in [1.82, 2.24) is 0 Å². The Balaban J connectivity index is 0. The molecule has 6 heteroatoms. The molecule has 0 saturated heterocycles. The highest BCUT2D eigenvalue weighted by molar-refractivity contribution is 7.30. The molecule has 0 heterocycles. The van der Waals surface area contributed by atoms with Gasteiger partial charge in [-0.1, -0.05) is 0 Å². The Kier molecular flexibility index (Phi) is 14.2. The Hall–Kier alpha value is 0.197. The van der Waals surface area contributed by atoms with Crippen LogP contribution in [0.5, 0.6) is 0 Å². The van der Waals surface area contributed by atoms with Crippen LogP contribution < -0.4 is 0 Å². The Bertz CT molecular complexity index is 30.5. The molecule has 0 aliphatic rings. The van der Waals surface area contributed by atoms with E-state index in [1.54, 1.807) is 0 Å². The average molecular weight is 129 g/mol. The van der Waals surface area contributed by atoms with Crippen molar-refractivity contribution in [2.24, 2.45) is 0 Å². The van der Waals surface area contributed by atoms with Gasteiger partial charge >= 0.3 is 8.25 Å². The number of hydrogen-bond donors (Lipinski definition) is 3. The smallest absolute Gasteiger partial charge is 0.442 e. The van der Waals surface area contributed by atoms with Gasteiger partial charge in [-0.3, -0.25) is 0 Å². The quantitative estimate of drug-likeness (QED) is 0.258. The molecule has 0 aliphatic heterocycles. The SMILES string of the molecule is O=[P+](O)O.O[SiH3]. The maximum atomic E-state index is 8.70. The molecule has 4 nitrogen and oxygen atoms in total. The molecule has 38 valence electrons. The fourth-order valence-electron chi connectivity index (χ4n) is 0. The van der Waals surface area contributed by atoms with Gasteiger partial charge in [-0.25, -0.2) is 0 Å². The van der Waals surface area contributed by atoms with Gasteiger partial charge in [0.25, 0.3) is 0 Å². The molecule has 0 aromatic carbocycles. The summed E-state index contributed by atoms with van der Waals surface area (Å²) >= 11 is 0. The van der Waals surface area contributed by atoms with Crippen LogP contribution in [0, 0.1) is 0 Å². The van der Waals surface area contributed by atoms with Crippen LogP contribution in [0.1, 0.15) is 0 Å². The van der Waals surface area contributed by atoms with Crippen molar-refractivity contribution in [3.05, 3.63) is 0 Å². The van der Waals surface area contributed by atoms with E-state index in [-0.39, 0.29) is 0 Å². The van der Waals surface area contributed by atoms with Gasteiger partial charge in [0.1, 0.15) is 10.5 Å². The lowest BCUT2D eigenvalue weighted by Gasteiger charge is -1.34. The number of hydrogen-bond acceptors (Lipinski definition) is 2. The molecular weight excluding hydrogens is 123 g/mol. The van der Waals surface area contributed by atoms with Gasteiger partial charge in [0.2, 0.25) is 0 Å². The van der Waals surface area contributed by atoms with E-state index >= 15 is 0 Å². The van der Waals surface area contributed by atoms with E-state index in [0.29, 0.717) is 10.5 Å². The van der Waals surface area contributed by atoms with Gasteiger partial charge in [-0.2, -0.15) is 0 Å². The molecule has 0 fully saturated rings. The molecule has 0 aromatic rings. The summed E-state index contributed by atoms with van der Waals surface area (Å²) in [5.41, 5.74) is 0. The first-order valence-corrected chi connectivity index (χ1v) is 3.09. The minimum Gasteiger partial charge on any atom is -0.442 e. The van der Waals surface area contributed by atoms with Gasteiger partial charge in [0.05, 0.1) is 0 Å². The molecule has 0 bridgehead atoms. The molecular formula is H6O4PSi+. The largest absolute Gasteiger partial charge is 0.692 e. The summed E-state index contributed by atoms with van der Waals surface area (Å²) in [5.74, 6) is 0. The van der Waals surface area contributed by atoms with Gasteiger partial charge in [-0.05, 0) is 0 Å². The highest BCUT2D eigenvalue weighted by atomic mass is 31.1. The second-order valence-electron chi connectivity index (χ2n) is 0.253. The van der Waals surface area contributed by atoms with Crippen molar-refractivity contribution in [2.75, 3.05) is 0 Å². The molecule has 3 N–H and O–H groups in total. The summed E-state index contributed by atoms with van der Waals surface area (Å²) in [4.78, 5) is 21.4. The zero-order valence-corrected chi connectivity index (χ0v) is 6.09. The van der Waals surface area contributed by atoms with E-state index in [1.165, 1.54) is 0 Å². The lowest BCUT2D eigenvalue weighted by Crippen LogP contribution is -1.38. The molecule has 0 aromatic heterocycles. The highest BCUT2D eigenvalue weighted by Gasteiger charge is 1.93. The fourth-order valence-corrected chi connectivity index (χ4v) is 0. The average Bonchev–Trinajstić information content (AvgIpc) is 1.41. The lowest BCUT2D eigenvalue weighted by molar-refractivity contribution is 0.405. The van der Waals surface area contributed by atoms with Crippen molar-refractivity contribution in [2.45, 2.75) is 0 Å². The third-order valence-corrected chi connectivity index (χ3v) is 0. The third-order valence-electron chi connectivity index (χ3n) is 0. The first-order valence-electron chi connectivity index (χ1n) is 1.03. The Morgan fingerprint density at radius 2 is 1.33 bits per heavy atom. The maximum Gasteiger partial charge on any atom is 0.692 e. The highest BCUT2D eigenvalue weighted by Crippen LogP contribution is 1.98. The predicted molar refractivity (Wildman–Crippen MR) is 24.2 cm³/mol. The normalized spacial score (nSPS) is 5.83. The number of rotatable bonds is 0. The summed E-state index contributed by atoms with van der Waals surface area (Å²) in [6, 6.07) is 0. The summed E-state index contributed by atoms with van der Waals surface area (Å²) in [7, 11) is -2.56. The topological polar surface area (TPSA) is 77.8 Å². The molecule has 0 radical (unpaired) electrons. The molecule has 0 atom stereocenters.